The van der Waals surface area contributed by atoms with Crippen LogP contribution in [0.25, 0.3) is 16.8 Å². The van der Waals surface area contributed by atoms with Gasteiger partial charge < -0.3 is 4.57 Å². The van der Waals surface area contributed by atoms with Crippen LogP contribution in [-0.2, 0) is 22.5 Å². The van der Waals surface area contributed by atoms with Crippen LogP contribution in [0, 0.1) is 0 Å². The maximum Gasteiger partial charge on any atom is 0.263 e. The summed E-state index contributed by atoms with van der Waals surface area (Å²) in [4.78, 5) is 0.189. The maximum absolute atomic E-state index is 13.0. The van der Waals surface area contributed by atoms with Crippen molar-refractivity contribution in [3.8, 4) is 11.3 Å². The first-order chi connectivity index (χ1) is 14.0. The Kier molecular flexibility index (Phi) is 4.91. The summed E-state index contributed by atoms with van der Waals surface area (Å²) in [6.45, 7) is 6.25. The van der Waals surface area contributed by atoms with Crippen LogP contribution in [0.1, 0.15) is 26.3 Å². The summed E-state index contributed by atoms with van der Waals surface area (Å²) in [5.41, 5.74) is 3.26. The second-order valence-corrected chi connectivity index (χ2v) is 10.4. The fraction of sp³-hybridized carbons (Fsp3) is 0.227. The number of benzene rings is 1. The summed E-state index contributed by atoms with van der Waals surface area (Å²) in [6, 6.07) is 14.0. The number of rotatable bonds is 4. The highest BCUT2D eigenvalue weighted by Gasteiger charge is 2.20. The van der Waals surface area contributed by atoms with E-state index in [1.165, 1.54) is 4.52 Å². The molecule has 0 radical (unpaired) electrons. The number of aryl methyl sites for hydroxylation is 1. The van der Waals surface area contributed by atoms with Gasteiger partial charge >= 0.3 is 0 Å². The van der Waals surface area contributed by atoms with Gasteiger partial charge in [-0.3, -0.25) is 4.72 Å². The lowest BCUT2D eigenvalue weighted by Gasteiger charge is -2.19. The van der Waals surface area contributed by atoms with Crippen LogP contribution >= 0.6 is 11.6 Å². The Morgan fingerprint density at radius 2 is 1.73 bits per heavy atom. The molecule has 1 N–H and O–H groups in total. The van der Waals surface area contributed by atoms with E-state index in [1.807, 2.05) is 48.3 Å². The summed E-state index contributed by atoms with van der Waals surface area (Å²) in [5, 5.41) is 5.06. The van der Waals surface area contributed by atoms with Crippen LogP contribution in [-0.4, -0.2) is 22.6 Å². The second-order valence-electron chi connectivity index (χ2n) is 8.34. The van der Waals surface area contributed by atoms with E-state index in [2.05, 4.69) is 30.6 Å². The molecule has 0 aliphatic rings. The Bertz CT molecular complexity index is 1330. The number of nitrogens with zero attached hydrogens (tertiary/aromatic N) is 3. The lowest BCUT2D eigenvalue weighted by molar-refractivity contribution is 0.587. The zero-order valence-corrected chi connectivity index (χ0v) is 18.8. The van der Waals surface area contributed by atoms with Crippen molar-refractivity contribution in [2.45, 2.75) is 31.1 Å². The molecule has 0 atom stereocenters. The van der Waals surface area contributed by atoms with Gasteiger partial charge in [0.15, 0.2) is 0 Å². The molecule has 0 spiro atoms. The van der Waals surface area contributed by atoms with Gasteiger partial charge in [-0.15, -0.1) is 0 Å². The molecule has 8 heteroatoms. The van der Waals surface area contributed by atoms with Gasteiger partial charge in [-0.2, -0.15) is 5.10 Å². The number of fused-ring (bicyclic) bond motifs is 1. The molecule has 3 heterocycles. The Morgan fingerprint density at radius 3 is 2.33 bits per heavy atom. The normalized spacial score (nSPS) is 12.4. The van der Waals surface area contributed by atoms with E-state index in [0.29, 0.717) is 22.1 Å². The first-order valence-electron chi connectivity index (χ1n) is 9.49. The van der Waals surface area contributed by atoms with Gasteiger partial charge in [0.05, 0.1) is 21.1 Å². The highest BCUT2D eigenvalue weighted by atomic mass is 35.5. The minimum absolute atomic E-state index is 0.0546. The average molecular weight is 443 g/mol. The first-order valence-corrected chi connectivity index (χ1v) is 11.3. The average Bonchev–Trinajstić information content (AvgIpc) is 3.30. The van der Waals surface area contributed by atoms with Crippen molar-refractivity contribution in [1.29, 1.82) is 0 Å². The molecule has 0 amide bonds. The summed E-state index contributed by atoms with van der Waals surface area (Å²) < 4.78 is 32.0. The number of halogens is 1. The van der Waals surface area contributed by atoms with E-state index >= 15 is 0 Å². The molecular formula is C22H23ClN4O2S. The molecular weight excluding hydrogens is 420 g/mol. The lowest BCUT2D eigenvalue weighted by atomic mass is 9.87. The molecule has 4 rings (SSSR count). The van der Waals surface area contributed by atoms with Crippen molar-refractivity contribution in [2.75, 3.05) is 4.72 Å². The molecule has 3 aromatic heterocycles. The third-order valence-corrected chi connectivity index (χ3v) is 6.66. The van der Waals surface area contributed by atoms with Gasteiger partial charge in [0, 0.05) is 25.0 Å². The van der Waals surface area contributed by atoms with E-state index in [9.17, 15) is 8.42 Å². The zero-order valence-electron chi connectivity index (χ0n) is 17.2. The minimum Gasteiger partial charge on any atom is -0.357 e. The summed E-state index contributed by atoms with van der Waals surface area (Å²) in [6.07, 6.45) is 3.86. The van der Waals surface area contributed by atoms with E-state index in [-0.39, 0.29) is 10.3 Å². The van der Waals surface area contributed by atoms with Gasteiger partial charge in [-0.1, -0.05) is 44.5 Å². The quantitative estimate of drug-likeness (QED) is 0.478. The fourth-order valence-corrected chi connectivity index (χ4v) is 4.49. The molecule has 0 aliphatic carbocycles. The molecule has 1 aromatic carbocycles. The minimum atomic E-state index is -3.79. The smallest absolute Gasteiger partial charge is 0.263 e. The van der Waals surface area contributed by atoms with Crippen molar-refractivity contribution in [3.63, 3.8) is 0 Å². The first kappa shape index (κ1) is 20.5. The topological polar surface area (TPSA) is 68.4 Å². The Labute approximate surface area is 181 Å². The third kappa shape index (κ3) is 3.82. The molecule has 0 fully saturated rings. The van der Waals surface area contributed by atoms with Crippen LogP contribution in [0.5, 0.6) is 0 Å². The molecule has 156 valence electrons. The van der Waals surface area contributed by atoms with E-state index in [4.69, 9.17) is 11.6 Å². The molecule has 0 bridgehead atoms. The van der Waals surface area contributed by atoms with Crippen LogP contribution in [0.3, 0.4) is 0 Å². The third-order valence-electron chi connectivity index (χ3n) is 4.97. The van der Waals surface area contributed by atoms with E-state index < -0.39 is 10.0 Å². The Morgan fingerprint density at radius 1 is 1.03 bits per heavy atom. The van der Waals surface area contributed by atoms with Crippen molar-refractivity contribution in [1.82, 2.24) is 14.2 Å². The van der Waals surface area contributed by atoms with Crippen LogP contribution in [0.4, 0.5) is 5.82 Å². The second kappa shape index (κ2) is 7.18. The predicted molar refractivity (Wildman–Crippen MR) is 121 cm³/mol. The van der Waals surface area contributed by atoms with Crippen LogP contribution < -0.4 is 4.72 Å². The number of nitrogens with one attached hydrogen (secondary N) is 1. The zero-order chi connectivity index (χ0) is 21.7. The lowest BCUT2D eigenvalue weighted by Crippen LogP contribution is -2.16. The number of hydrogen-bond acceptors (Lipinski definition) is 3. The van der Waals surface area contributed by atoms with Crippen molar-refractivity contribution in [2.24, 2.45) is 7.05 Å². The van der Waals surface area contributed by atoms with Gasteiger partial charge in [0.2, 0.25) is 0 Å². The van der Waals surface area contributed by atoms with Crippen molar-refractivity contribution >= 4 is 33.0 Å². The van der Waals surface area contributed by atoms with Gasteiger partial charge in [0.1, 0.15) is 5.82 Å². The number of sulfonamides is 1. The number of aromatic nitrogens is 3. The number of pyridine rings is 1. The SMILES string of the molecule is Cn1ccc(-c2cc3c(Cl)ccc(NS(=O)(=O)c4ccc(C(C)(C)C)cc4)n3n2)c1. The fourth-order valence-electron chi connectivity index (χ4n) is 3.25. The van der Waals surface area contributed by atoms with E-state index in [1.54, 1.807) is 24.3 Å². The maximum atomic E-state index is 13.0. The monoisotopic (exact) mass is 442 g/mol. The molecule has 0 saturated heterocycles. The van der Waals surface area contributed by atoms with Gasteiger partial charge in [-0.25, -0.2) is 12.9 Å². The van der Waals surface area contributed by atoms with Crippen LogP contribution in [0.15, 0.2) is 65.8 Å². The highest BCUT2D eigenvalue weighted by molar-refractivity contribution is 7.92. The predicted octanol–water partition coefficient (Wildman–Crippen LogP) is 5.09. The summed E-state index contributed by atoms with van der Waals surface area (Å²) in [7, 11) is -1.86. The Balaban J connectivity index is 1.72. The van der Waals surface area contributed by atoms with Crippen LogP contribution in [0.2, 0.25) is 5.02 Å². The standard InChI is InChI=1S/C22H23ClN4O2S/c1-22(2,3)16-5-7-17(8-6-16)30(28,29)25-21-10-9-18(23)20-13-19(24-27(20)21)15-11-12-26(4)14-15/h5-14,25H,1-4H3. The van der Waals surface area contributed by atoms with Gasteiger partial charge in [0.25, 0.3) is 10.0 Å². The molecule has 30 heavy (non-hydrogen) atoms. The molecule has 6 nitrogen and oxygen atoms in total. The molecule has 4 aromatic rings. The van der Waals surface area contributed by atoms with Crippen molar-refractivity contribution < 1.29 is 8.42 Å². The number of hydrogen-bond donors (Lipinski definition) is 1. The summed E-state index contributed by atoms with van der Waals surface area (Å²) >= 11 is 6.34. The van der Waals surface area contributed by atoms with E-state index in [0.717, 1.165) is 11.1 Å². The number of anilines is 1. The Hall–Kier alpha value is -2.77. The van der Waals surface area contributed by atoms with Gasteiger partial charge in [-0.05, 0) is 47.4 Å². The molecule has 0 saturated carbocycles. The summed E-state index contributed by atoms with van der Waals surface area (Å²) in [5.74, 6) is 0.316. The highest BCUT2D eigenvalue weighted by Crippen LogP contribution is 2.29. The largest absolute Gasteiger partial charge is 0.357 e. The molecule has 0 aliphatic heterocycles. The van der Waals surface area contributed by atoms with Crippen molar-refractivity contribution in [3.05, 3.63) is 71.5 Å². The molecule has 0 unspecified atom stereocenters.